The zero-order valence-corrected chi connectivity index (χ0v) is 16.4. The van der Waals surface area contributed by atoms with Crippen LogP contribution in [0.1, 0.15) is 22.8 Å². The Bertz CT molecular complexity index is 929. The van der Waals surface area contributed by atoms with Gasteiger partial charge in [0.2, 0.25) is 5.91 Å². The monoisotopic (exact) mass is 400 g/mol. The highest BCUT2D eigenvalue weighted by molar-refractivity contribution is 7.99. The van der Waals surface area contributed by atoms with E-state index in [0.717, 1.165) is 5.56 Å². The van der Waals surface area contributed by atoms with Gasteiger partial charge >= 0.3 is 0 Å². The molecule has 8 heteroatoms. The van der Waals surface area contributed by atoms with Gasteiger partial charge in [0.25, 0.3) is 5.91 Å². The molecule has 0 spiro atoms. The van der Waals surface area contributed by atoms with E-state index >= 15 is 0 Å². The zero-order chi connectivity index (χ0) is 20.1. The number of ether oxygens (including phenoxy) is 2. The number of carbonyl (C=O) groups is 3. The van der Waals surface area contributed by atoms with Gasteiger partial charge < -0.3 is 20.1 Å². The number of methoxy groups -OCH3 is 1. The van der Waals surface area contributed by atoms with Crippen molar-refractivity contribution < 1.29 is 23.9 Å². The van der Waals surface area contributed by atoms with Crippen LogP contribution in [0.5, 0.6) is 11.5 Å². The number of thioether (sulfide) groups is 1. The van der Waals surface area contributed by atoms with E-state index in [-0.39, 0.29) is 30.0 Å². The first-order chi connectivity index (χ1) is 13.5. The van der Waals surface area contributed by atoms with Gasteiger partial charge in [0.15, 0.2) is 12.4 Å². The van der Waals surface area contributed by atoms with Crippen LogP contribution in [0.15, 0.2) is 36.4 Å². The first-order valence-corrected chi connectivity index (χ1v) is 9.74. The summed E-state index contributed by atoms with van der Waals surface area (Å²) in [4.78, 5) is 35.2. The maximum atomic E-state index is 12.2. The van der Waals surface area contributed by atoms with Gasteiger partial charge in [-0.1, -0.05) is 0 Å². The second-order valence-corrected chi connectivity index (χ2v) is 7.16. The number of anilines is 2. The fraction of sp³-hybridized carbons (Fsp3) is 0.250. The molecule has 0 radical (unpaired) electrons. The molecular weight excluding hydrogens is 380 g/mol. The van der Waals surface area contributed by atoms with Gasteiger partial charge in [0.1, 0.15) is 11.5 Å². The van der Waals surface area contributed by atoms with Crippen LogP contribution < -0.4 is 20.1 Å². The van der Waals surface area contributed by atoms with Crippen molar-refractivity contribution >= 4 is 40.7 Å². The summed E-state index contributed by atoms with van der Waals surface area (Å²) in [6.45, 7) is 1.50. The molecule has 0 aromatic heterocycles. The maximum absolute atomic E-state index is 12.2. The van der Waals surface area contributed by atoms with Crippen molar-refractivity contribution in [2.24, 2.45) is 0 Å². The molecule has 0 bridgehead atoms. The first-order valence-electron chi connectivity index (χ1n) is 8.58. The Morgan fingerprint density at radius 3 is 2.82 bits per heavy atom. The molecule has 2 aromatic carbocycles. The highest BCUT2D eigenvalue weighted by Gasteiger charge is 2.16. The van der Waals surface area contributed by atoms with E-state index in [9.17, 15) is 14.4 Å². The molecule has 1 aliphatic rings. The number of rotatable bonds is 7. The largest absolute Gasteiger partial charge is 0.496 e. The molecule has 0 saturated heterocycles. The van der Waals surface area contributed by atoms with Crippen LogP contribution in [0, 0.1) is 0 Å². The van der Waals surface area contributed by atoms with Crippen LogP contribution in [0.2, 0.25) is 0 Å². The molecule has 0 unspecified atom stereocenters. The van der Waals surface area contributed by atoms with E-state index in [1.54, 1.807) is 43.5 Å². The number of carbonyl (C=O) groups excluding carboxylic acids is 3. The number of nitrogens with one attached hydrogen (secondary N) is 2. The number of benzene rings is 2. The van der Waals surface area contributed by atoms with Crippen molar-refractivity contribution in [3.8, 4) is 11.5 Å². The van der Waals surface area contributed by atoms with E-state index in [4.69, 9.17) is 9.47 Å². The average Bonchev–Trinajstić information content (AvgIpc) is 2.67. The summed E-state index contributed by atoms with van der Waals surface area (Å²) in [6.07, 6.45) is 0. The Hall–Kier alpha value is -3.00. The van der Waals surface area contributed by atoms with E-state index in [1.807, 2.05) is 0 Å². The van der Waals surface area contributed by atoms with Gasteiger partial charge in [0.05, 0.1) is 18.6 Å². The molecule has 28 heavy (non-hydrogen) atoms. The lowest BCUT2D eigenvalue weighted by Crippen LogP contribution is -2.25. The van der Waals surface area contributed by atoms with E-state index < -0.39 is 0 Å². The van der Waals surface area contributed by atoms with Crippen LogP contribution in [-0.4, -0.2) is 37.1 Å². The van der Waals surface area contributed by atoms with Crippen LogP contribution in [0.25, 0.3) is 0 Å². The lowest BCUT2D eigenvalue weighted by Gasteiger charge is -2.18. The molecule has 0 saturated carbocycles. The SMILES string of the molecule is COc1ccc(C(C)=O)cc1CSCC(=O)Nc1ccc2c(c1)NC(=O)CO2. The number of Topliss-reactive ketones (excluding diaryl/α,β-unsaturated/α-hetero) is 1. The van der Waals surface area contributed by atoms with Crippen molar-refractivity contribution in [2.45, 2.75) is 12.7 Å². The van der Waals surface area contributed by atoms with Gasteiger partial charge in [-0.25, -0.2) is 0 Å². The predicted molar refractivity (Wildman–Crippen MR) is 108 cm³/mol. The molecule has 146 valence electrons. The normalized spacial score (nSPS) is 12.4. The maximum Gasteiger partial charge on any atom is 0.262 e. The van der Waals surface area contributed by atoms with Crippen molar-refractivity contribution in [1.82, 2.24) is 0 Å². The Balaban J connectivity index is 1.57. The van der Waals surface area contributed by atoms with Crippen LogP contribution in [0.3, 0.4) is 0 Å². The van der Waals surface area contributed by atoms with Crippen LogP contribution >= 0.6 is 11.8 Å². The second-order valence-electron chi connectivity index (χ2n) is 6.17. The Morgan fingerprint density at radius 2 is 2.07 bits per heavy atom. The number of hydrogen-bond donors (Lipinski definition) is 2. The Labute approximate surface area is 166 Å². The molecule has 0 aliphatic carbocycles. The van der Waals surface area contributed by atoms with E-state index in [1.165, 1.54) is 18.7 Å². The van der Waals surface area contributed by atoms with Crippen LogP contribution in [-0.2, 0) is 15.3 Å². The topological polar surface area (TPSA) is 93.7 Å². The molecule has 2 aromatic rings. The Kier molecular flexibility index (Phi) is 6.20. The fourth-order valence-corrected chi connectivity index (χ4v) is 3.53. The standard InChI is InChI=1S/C20H20N2O5S/c1-12(23)13-3-5-17(26-2)14(7-13)10-28-11-20(25)21-15-4-6-18-16(8-15)22-19(24)9-27-18/h3-8H,9-11H2,1-2H3,(H,21,25)(H,22,24). The smallest absolute Gasteiger partial charge is 0.262 e. The molecule has 1 heterocycles. The first kappa shape index (κ1) is 19.8. The third-order valence-electron chi connectivity index (χ3n) is 4.07. The highest BCUT2D eigenvalue weighted by atomic mass is 32.2. The van der Waals surface area contributed by atoms with Gasteiger partial charge in [-0.2, -0.15) is 0 Å². The van der Waals surface area contributed by atoms with E-state index in [2.05, 4.69) is 10.6 Å². The van der Waals surface area contributed by atoms with Crippen molar-refractivity contribution in [1.29, 1.82) is 0 Å². The number of fused-ring (bicyclic) bond motifs is 1. The fourth-order valence-electron chi connectivity index (χ4n) is 2.72. The minimum Gasteiger partial charge on any atom is -0.496 e. The van der Waals surface area contributed by atoms with Crippen LogP contribution in [0.4, 0.5) is 11.4 Å². The lowest BCUT2D eigenvalue weighted by molar-refractivity contribution is -0.118. The van der Waals surface area contributed by atoms with Gasteiger partial charge in [-0.05, 0) is 43.3 Å². The third-order valence-corrected chi connectivity index (χ3v) is 5.06. The van der Waals surface area contributed by atoms with E-state index in [0.29, 0.717) is 34.2 Å². The summed E-state index contributed by atoms with van der Waals surface area (Å²) in [5.41, 5.74) is 2.58. The molecule has 7 nitrogen and oxygen atoms in total. The van der Waals surface area contributed by atoms with Crippen molar-refractivity contribution in [3.05, 3.63) is 47.5 Å². The molecule has 2 amide bonds. The van der Waals surface area contributed by atoms with Crippen molar-refractivity contribution in [2.75, 3.05) is 30.1 Å². The summed E-state index contributed by atoms with van der Waals surface area (Å²) >= 11 is 1.42. The Morgan fingerprint density at radius 1 is 1.25 bits per heavy atom. The van der Waals surface area contributed by atoms with Crippen molar-refractivity contribution in [3.63, 3.8) is 0 Å². The molecule has 2 N–H and O–H groups in total. The molecular formula is C20H20N2O5S. The summed E-state index contributed by atoms with van der Waals surface area (Å²) in [5.74, 6) is 1.60. The number of amides is 2. The van der Waals surface area contributed by atoms with Gasteiger partial charge in [0, 0.05) is 22.6 Å². The molecule has 3 rings (SSSR count). The minimum absolute atomic E-state index is 0.0103. The summed E-state index contributed by atoms with van der Waals surface area (Å²) in [6, 6.07) is 10.4. The quantitative estimate of drug-likeness (QED) is 0.694. The summed E-state index contributed by atoms with van der Waals surface area (Å²) in [7, 11) is 1.57. The molecule has 0 atom stereocenters. The van der Waals surface area contributed by atoms with Gasteiger partial charge in [-0.3, -0.25) is 14.4 Å². The minimum atomic E-state index is -0.228. The third kappa shape index (κ3) is 4.83. The lowest BCUT2D eigenvalue weighted by atomic mass is 10.1. The summed E-state index contributed by atoms with van der Waals surface area (Å²) < 4.78 is 10.6. The number of ketones is 1. The number of hydrogen-bond acceptors (Lipinski definition) is 6. The molecule has 1 aliphatic heterocycles. The second kappa shape index (κ2) is 8.79. The molecule has 0 fully saturated rings. The predicted octanol–water partition coefficient (Wildman–Crippen LogP) is 3.10. The average molecular weight is 400 g/mol. The highest BCUT2D eigenvalue weighted by Crippen LogP contribution is 2.30. The summed E-state index contributed by atoms with van der Waals surface area (Å²) in [5, 5.41) is 5.50. The zero-order valence-electron chi connectivity index (χ0n) is 15.5. The van der Waals surface area contributed by atoms with Gasteiger partial charge in [-0.15, -0.1) is 11.8 Å².